The Labute approximate surface area is 189 Å². The zero-order valence-electron chi connectivity index (χ0n) is 17.1. The smallest absolute Gasteiger partial charge is 0.233 e. The summed E-state index contributed by atoms with van der Waals surface area (Å²) in [5.74, 6) is 0.280. The standard InChI is InChI=1S/C23H22N4O2S2/c1-16-6-8-17(9-7-16)25-22(30-15-21(28)27-10-12-29-13-11-27)18(14-24)23-26-19-4-2-3-5-20(19)31-23/h2-9,25H,10-13,15H2,1H3/b22-18-. The second-order valence-electron chi connectivity index (χ2n) is 7.08. The monoisotopic (exact) mass is 450 g/mol. The van der Waals surface area contributed by atoms with E-state index in [4.69, 9.17) is 4.74 Å². The molecule has 1 fully saturated rings. The normalized spacial score (nSPS) is 14.8. The van der Waals surface area contributed by atoms with E-state index >= 15 is 0 Å². The van der Waals surface area contributed by atoms with Crippen molar-refractivity contribution in [3.05, 3.63) is 64.1 Å². The number of amides is 1. The largest absolute Gasteiger partial charge is 0.378 e. The van der Waals surface area contributed by atoms with E-state index in [0.29, 0.717) is 41.9 Å². The molecule has 1 saturated heterocycles. The summed E-state index contributed by atoms with van der Waals surface area (Å²) >= 11 is 2.82. The summed E-state index contributed by atoms with van der Waals surface area (Å²) in [4.78, 5) is 19.2. The van der Waals surface area contributed by atoms with Crippen molar-refractivity contribution in [1.82, 2.24) is 9.88 Å². The number of nitriles is 1. The van der Waals surface area contributed by atoms with Gasteiger partial charge in [-0.15, -0.1) is 11.3 Å². The van der Waals surface area contributed by atoms with Gasteiger partial charge in [0.15, 0.2) is 0 Å². The molecule has 3 aromatic rings. The molecule has 1 aliphatic heterocycles. The third-order valence-corrected chi connectivity index (χ3v) is 6.90. The van der Waals surface area contributed by atoms with Gasteiger partial charge in [0.05, 0.1) is 34.2 Å². The van der Waals surface area contributed by atoms with Crippen LogP contribution in [-0.2, 0) is 9.53 Å². The minimum absolute atomic E-state index is 0.0399. The summed E-state index contributed by atoms with van der Waals surface area (Å²) in [5.41, 5.74) is 3.32. The molecule has 0 unspecified atom stereocenters. The Hall–Kier alpha value is -2.86. The molecule has 2 heterocycles. The molecule has 0 bridgehead atoms. The van der Waals surface area contributed by atoms with E-state index < -0.39 is 0 Å². The van der Waals surface area contributed by atoms with E-state index in [9.17, 15) is 10.1 Å². The highest BCUT2D eigenvalue weighted by Gasteiger charge is 2.20. The van der Waals surface area contributed by atoms with Gasteiger partial charge in [0.2, 0.25) is 5.91 Å². The van der Waals surface area contributed by atoms with Gasteiger partial charge in [-0.25, -0.2) is 4.98 Å². The number of thiazole rings is 1. The molecule has 6 nitrogen and oxygen atoms in total. The number of nitrogens with zero attached hydrogens (tertiary/aromatic N) is 3. The number of para-hydroxylation sites is 1. The lowest BCUT2D eigenvalue weighted by Gasteiger charge is -2.27. The first-order valence-electron chi connectivity index (χ1n) is 9.96. The average molecular weight is 451 g/mol. The summed E-state index contributed by atoms with van der Waals surface area (Å²) in [7, 11) is 0. The molecule has 1 aliphatic rings. The van der Waals surface area contributed by atoms with Crippen LogP contribution in [0.5, 0.6) is 0 Å². The fourth-order valence-electron chi connectivity index (χ4n) is 3.15. The number of aryl methyl sites for hydroxylation is 1. The summed E-state index contributed by atoms with van der Waals surface area (Å²) in [6.07, 6.45) is 0. The number of morpholine rings is 1. The summed E-state index contributed by atoms with van der Waals surface area (Å²) in [5, 5.41) is 14.6. The average Bonchev–Trinajstić information content (AvgIpc) is 3.23. The highest BCUT2D eigenvalue weighted by molar-refractivity contribution is 8.04. The quantitative estimate of drug-likeness (QED) is 0.557. The van der Waals surface area contributed by atoms with Crippen molar-refractivity contribution < 1.29 is 9.53 Å². The first kappa shape index (κ1) is 21.4. The lowest BCUT2D eigenvalue weighted by molar-refractivity contribution is -0.132. The lowest BCUT2D eigenvalue weighted by atomic mass is 10.2. The fourth-order valence-corrected chi connectivity index (χ4v) is 5.11. The molecule has 0 aliphatic carbocycles. The predicted molar refractivity (Wildman–Crippen MR) is 127 cm³/mol. The number of nitrogens with one attached hydrogen (secondary N) is 1. The SMILES string of the molecule is Cc1ccc(N/C(SCC(=O)N2CCOCC2)=C(\C#N)c2nc3ccccc3s2)cc1. The highest BCUT2D eigenvalue weighted by Crippen LogP contribution is 2.33. The minimum Gasteiger partial charge on any atom is -0.378 e. The van der Waals surface area contributed by atoms with Gasteiger partial charge >= 0.3 is 0 Å². The molecule has 0 spiro atoms. The maximum absolute atomic E-state index is 12.7. The molecule has 2 aromatic carbocycles. The third kappa shape index (κ3) is 5.25. The van der Waals surface area contributed by atoms with Crippen molar-refractivity contribution in [2.24, 2.45) is 0 Å². The Morgan fingerprint density at radius 2 is 1.97 bits per heavy atom. The van der Waals surface area contributed by atoms with Crippen molar-refractivity contribution in [3.63, 3.8) is 0 Å². The van der Waals surface area contributed by atoms with Gasteiger partial charge in [-0.05, 0) is 31.2 Å². The number of rotatable bonds is 6. The topological polar surface area (TPSA) is 78.3 Å². The molecular weight excluding hydrogens is 428 g/mol. The molecule has 8 heteroatoms. The first-order chi connectivity index (χ1) is 15.1. The van der Waals surface area contributed by atoms with E-state index in [1.807, 2.05) is 60.4 Å². The molecule has 1 N–H and O–H groups in total. The molecular formula is C23H22N4O2S2. The van der Waals surface area contributed by atoms with Crippen molar-refractivity contribution in [2.75, 3.05) is 37.4 Å². The maximum Gasteiger partial charge on any atom is 0.233 e. The van der Waals surface area contributed by atoms with E-state index in [1.165, 1.54) is 23.1 Å². The van der Waals surface area contributed by atoms with Crippen LogP contribution >= 0.6 is 23.1 Å². The number of thioether (sulfide) groups is 1. The first-order valence-corrected chi connectivity index (χ1v) is 11.8. The second-order valence-corrected chi connectivity index (χ2v) is 9.09. The second kappa shape index (κ2) is 9.96. The summed E-state index contributed by atoms with van der Waals surface area (Å²) in [6.45, 7) is 4.36. The van der Waals surface area contributed by atoms with Gasteiger partial charge in [0.1, 0.15) is 16.6 Å². The van der Waals surface area contributed by atoms with Crippen molar-refractivity contribution in [3.8, 4) is 6.07 Å². The van der Waals surface area contributed by atoms with Gasteiger partial charge in [0, 0.05) is 18.8 Å². The molecule has 0 saturated carbocycles. The van der Waals surface area contributed by atoms with Crippen LogP contribution in [0.3, 0.4) is 0 Å². The van der Waals surface area contributed by atoms with Crippen LogP contribution in [0.2, 0.25) is 0 Å². The Morgan fingerprint density at radius 3 is 2.68 bits per heavy atom. The number of anilines is 1. The Morgan fingerprint density at radius 1 is 1.23 bits per heavy atom. The Balaban J connectivity index is 1.64. The van der Waals surface area contributed by atoms with Crippen molar-refractivity contribution in [1.29, 1.82) is 5.26 Å². The fraction of sp³-hybridized carbons (Fsp3) is 0.261. The number of hydrogen-bond acceptors (Lipinski definition) is 7. The molecule has 4 rings (SSSR count). The molecule has 158 valence electrons. The highest BCUT2D eigenvalue weighted by atomic mass is 32.2. The molecule has 1 aromatic heterocycles. The van der Waals surface area contributed by atoms with Crippen LogP contribution in [0.25, 0.3) is 15.8 Å². The number of hydrogen-bond donors (Lipinski definition) is 1. The lowest BCUT2D eigenvalue weighted by Crippen LogP contribution is -2.41. The van der Waals surface area contributed by atoms with Crippen LogP contribution in [0.4, 0.5) is 5.69 Å². The van der Waals surface area contributed by atoms with Crippen molar-refractivity contribution >= 4 is 50.5 Å². The number of allylic oxidation sites excluding steroid dienone is 1. The number of ether oxygens (including phenoxy) is 1. The number of benzene rings is 2. The van der Waals surface area contributed by atoms with Crippen LogP contribution in [-0.4, -0.2) is 47.8 Å². The van der Waals surface area contributed by atoms with E-state index in [1.54, 1.807) is 0 Å². The number of carbonyl (C=O) groups excluding carboxylic acids is 1. The number of carbonyl (C=O) groups is 1. The van der Waals surface area contributed by atoms with E-state index in [0.717, 1.165) is 21.5 Å². The molecule has 0 radical (unpaired) electrons. The molecule has 1 amide bonds. The molecule has 0 atom stereocenters. The van der Waals surface area contributed by atoms with E-state index in [2.05, 4.69) is 16.4 Å². The minimum atomic E-state index is 0.0399. The molecule has 31 heavy (non-hydrogen) atoms. The van der Waals surface area contributed by atoms with Gasteiger partial charge < -0.3 is 15.0 Å². The van der Waals surface area contributed by atoms with Crippen molar-refractivity contribution in [2.45, 2.75) is 6.92 Å². The zero-order chi connectivity index (χ0) is 21.6. The Kier molecular flexibility index (Phi) is 6.87. The third-order valence-electron chi connectivity index (χ3n) is 4.86. The van der Waals surface area contributed by atoms with Crippen LogP contribution in [0.1, 0.15) is 10.6 Å². The summed E-state index contributed by atoms with van der Waals surface area (Å²) < 4.78 is 6.36. The van der Waals surface area contributed by atoms with Gasteiger partial charge in [-0.3, -0.25) is 4.79 Å². The van der Waals surface area contributed by atoms with Gasteiger partial charge in [-0.1, -0.05) is 41.6 Å². The van der Waals surface area contributed by atoms with E-state index in [-0.39, 0.29) is 11.7 Å². The summed E-state index contributed by atoms with van der Waals surface area (Å²) in [6, 6.07) is 18.1. The van der Waals surface area contributed by atoms with Crippen LogP contribution in [0, 0.1) is 18.3 Å². The predicted octanol–water partition coefficient (Wildman–Crippen LogP) is 4.50. The number of fused-ring (bicyclic) bond motifs is 1. The zero-order valence-corrected chi connectivity index (χ0v) is 18.8. The number of aromatic nitrogens is 1. The maximum atomic E-state index is 12.7. The van der Waals surface area contributed by atoms with Gasteiger partial charge in [0.25, 0.3) is 0 Å². The van der Waals surface area contributed by atoms with Gasteiger partial charge in [-0.2, -0.15) is 5.26 Å². The van der Waals surface area contributed by atoms with Crippen LogP contribution in [0.15, 0.2) is 53.6 Å². The van der Waals surface area contributed by atoms with Crippen LogP contribution < -0.4 is 5.32 Å². The Bertz CT molecular complexity index is 1110.